The molecule has 0 aromatic heterocycles. The first-order valence-corrected chi connectivity index (χ1v) is 10.1. The SMILES string of the molecule is O=C([C@@H]1CCCN1C(=O)[C@H]1C[C@H]2CC[C@H]1C2)N1CCSCC1. The van der Waals surface area contributed by atoms with Crippen molar-refractivity contribution in [2.75, 3.05) is 31.1 Å². The van der Waals surface area contributed by atoms with E-state index in [2.05, 4.69) is 0 Å². The van der Waals surface area contributed by atoms with Crippen LogP contribution in [0, 0.1) is 17.8 Å². The van der Waals surface area contributed by atoms with Gasteiger partial charge in [0.25, 0.3) is 0 Å². The van der Waals surface area contributed by atoms with Gasteiger partial charge in [0.15, 0.2) is 0 Å². The van der Waals surface area contributed by atoms with Gasteiger partial charge in [-0.15, -0.1) is 0 Å². The van der Waals surface area contributed by atoms with E-state index >= 15 is 0 Å². The molecular weight excluding hydrogens is 296 g/mol. The molecule has 4 rings (SSSR count). The van der Waals surface area contributed by atoms with Crippen LogP contribution >= 0.6 is 11.8 Å². The number of hydrogen-bond acceptors (Lipinski definition) is 3. The summed E-state index contributed by atoms with van der Waals surface area (Å²) in [6.45, 7) is 2.51. The number of thioether (sulfide) groups is 1. The van der Waals surface area contributed by atoms with Crippen molar-refractivity contribution >= 4 is 23.6 Å². The van der Waals surface area contributed by atoms with Gasteiger partial charge < -0.3 is 9.80 Å². The highest BCUT2D eigenvalue weighted by molar-refractivity contribution is 7.99. The molecule has 22 heavy (non-hydrogen) atoms. The maximum Gasteiger partial charge on any atom is 0.245 e. The quantitative estimate of drug-likeness (QED) is 0.781. The van der Waals surface area contributed by atoms with Gasteiger partial charge in [-0.25, -0.2) is 0 Å². The van der Waals surface area contributed by atoms with Crippen molar-refractivity contribution in [3.63, 3.8) is 0 Å². The Bertz CT molecular complexity index is 464. The molecule has 0 spiro atoms. The molecule has 0 N–H and O–H groups in total. The molecule has 4 fully saturated rings. The maximum atomic E-state index is 13.0. The molecule has 0 radical (unpaired) electrons. The van der Waals surface area contributed by atoms with Crippen molar-refractivity contribution in [3.8, 4) is 0 Å². The zero-order chi connectivity index (χ0) is 15.1. The molecule has 2 saturated carbocycles. The van der Waals surface area contributed by atoms with Gasteiger partial charge in [-0.05, 0) is 43.9 Å². The smallest absolute Gasteiger partial charge is 0.245 e. The Hall–Kier alpha value is -0.710. The highest BCUT2D eigenvalue weighted by Crippen LogP contribution is 2.49. The molecule has 0 aromatic carbocycles. The minimum atomic E-state index is -0.158. The van der Waals surface area contributed by atoms with E-state index in [0.717, 1.165) is 56.3 Å². The van der Waals surface area contributed by atoms with Crippen LogP contribution in [0.2, 0.25) is 0 Å². The third-order valence-electron chi connectivity index (χ3n) is 6.20. The van der Waals surface area contributed by atoms with Crippen LogP contribution in [-0.4, -0.2) is 58.8 Å². The monoisotopic (exact) mass is 322 g/mol. The predicted molar refractivity (Wildman–Crippen MR) is 87.6 cm³/mol. The summed E-state index contributed by atoms with van der Waals surface area (Å²) in [5.41, 5.74) is 0. The fraction of sp³-hybridized carbons (Fsp3) is 0.882. The Kier molecular flexibility index (Phi) is 4.09. The fourth-order valence-corrected chi connectivity index (χ4v) is 5.94. The van der Waals surface area contributed by atoms with Gasteiger partial charge in [-0.1, -0.05) is 6.42 Å². The summed E-state index contributed by atoms with van der Waals surface area (Å²) in [5, 5.41) is 0. The minimum absolute atomic E-state index is 0.158. The third kappa shape index (κ3) is 2.55. The summed E-state index contributed by atoms with van der Waals surface area (Å²) >= 11 is 1.92. The van der Waals surface area contributed by atoms with Crippen molar-refractivity contribution in [2.45, 2.75) is 44.6 Å². The molecular formula is C17H26N2O2S. The molecule has 122 valence electrons. The van der Waals surface area contributed by atoms with Crippen LogP contribution in [0.5, 0.6) is 0 Å². The summed E-state index contributed by atoms with van der Waals surface area (Å²) < 4.78 is 0. The number of carbonyl (C=O) groups is 2. The Morgan fingerprint density at radius 2 is 1.73 bits per heavy atom. The van der Waals surface area contributed by atoms with Gasteiger partial charge >= 0.3 is 0 Å². The normalized spacial score (nSPS) is 37.8. The van der Waals surface area contributed by atoms with Gasteiger partial charge in [-0.3, -0.25) is 9.59 Å². The molecule has 4 nitrogen and oxygen atoms in total. The number of rotatable bonds is 2. The lowest BCUT2D eigenvalue weighted by Gasteiger charge is -2.34. The highest BCUT2D eigenvalue weighted by Gasteiger charge is 2.47. The van der Waals surface area contributed by atoms with Gasteiger partial charge in [-0.2, -0.15) is 11.8 Å². The van der Waals surface area contributed by atoms with Crippen LogP contribution < -0.4 is 0 Å². The van der Waals surface area contributed by atoms with Crippen LogP contribution in [0.4, 0.5) is 0 Å². The van der Waals surface area contributed by atoms with E-state index in [9.17, 15) is 9.59 Å². The zero-order valence-corrected chi connectivity index (χ0v) is 14.0. The lowest BCUT2D eigenvalue weighted by atomic mass is 9.87. The van der Waals surface area contributed by atoms with E-state index in [-0.39, 0.29) is 17.9 Å². The second kappa shape index (κ2) is 6.06. The van der Waals surface area contributed by atoms with E-state index in [0.29, 0.717) is 11.8 Å². The fourth-order valence-electron chi connectivity index (χ4n) is 5.04. The topological polar surface area (TPSA) is 40.6 Å². The summed E-state index contributed by atoms with van der Waals surface area (Å²) in [4.78, 5) is 29.7. The van der Waals surface area contributed by atoms with E-state index in [4.69, 9.17) is 0 Å². The number of fused-ring (bicyclic) bond motifs is 2. The van der Waals surface area contributed by atoms with Crippen LogP contribution in [0.25, 0.3) is 0 Å². The summed E-state index contributed by atoms with van der Waals surface area (Å²) in [6.07, 6.45) is 6.76. The molecule has 5 heteroatoms. The Labute approximate surface area is 137 Å². The number of carbonyl (C=O) groups excluding carboxylic acids is 2. The van der Waals surface area contributed by atoms with E-state index in [1.165, 1.54) is 19.3 Å². The van der Waals surface area contributed by atoms with Crippen molar-refractivity contribution in [2.24, 2.45) is 17.8 Å². The number of likely N-dealkylation sites (tertiary alicyclic amines) is 1. The summed E-state index contributed by atoms with van der Waals surface area (Å²) in [6, 6.07) is -0.158. The zero-order valence-electron chi connectivity index (χ0n) is 13.2. The van der Waals surface area contributed by atoms with Gasteiger partial charge in [0.1, 0.15) is 6.04 Å². The lowest BCUT2D eigenvalue weighted by Crippen LogP contribution is -2.51. The molecule has 2 saturated heterocycles. The minimum Gasteiger partial charge on any atom is -0.339 e. The summed E-state index contributed by atoms with van der Waals surface area (Å²) in [5.74, 6) is 4.22. The first kappa shape index (κ1) is 14.9. The second-order valence-corrected chi connectivity index (χ2v) is 8.63. The lowest BCUT2D eigenvalue weighted by molar-refractivity contribution is -0.146. The number of amides is 2. The van der Waals surface area contributed by atoms with Gasteiger partial charge in [0, 0.05) is 37.1 Å². The molecule has 0 unspecified atom stereocenters. The van der Waals surface area contributed by atoms with E-state index in [1.54, 1.807) is 0 Å². The van der Waals surface area contributed by atoms with Crippen molar-refractivity contribution in [3.05, 3.63) is 0 Å². The molecule has 4 aliphatic rings. The summed E-state index contributed by atoms with van der Waals surface area (Å²) in [7, 11) is 0. The first-order valence-electron chi connectivity index (χ1n) is 8.91. The van der Waals surface area contributed by atoms with E-state index in [1.807, 2.05) is 21.6 Å². The average Bonchev–Trinajstić information content (AvgIpc) is 3.30. The molecule has 2 aliphatic heterocycles. The van der Waals surface area contributed by atoms with Crippen molar-refractivity contribution in [1.29, 1.82) is 0 Å². The third-order valence-corrected chi connectivity index (χ3v) is 7.14. The van der Waals surface area contributed by atoms with Crippen molar-refractivity contribution in [1.82, 2.24) is 9.80 Å². The van der Waals surface area contributed by atoms with Gasteiger partial charge in [0.2, 0.25) is 11.8 Å². The van der Waals surface area contributed by atoms with Crippen molar-refractivity contribution < 1.29 is 9.59 Å². The second-order valence-electron chi connectivity index (χ2n) is 7.41. The average molecular weight is 322 g/mol. The Balaban J connectivity index is 1.44. The number of nitrogens with zero attached hydrogens (tertiary/aromatic N) is 2. The number of hydrogen-bond donors (Lipinski definition) is 0. The molecule has 2 aliphatic carbocycles. The molecule has 4 atom stereocenters. The molecule has 2 bridgehead atoms. The van der Waals surface area contributed by atoms with Crippen LogP contribution in [0.15, 0.2) is 0 Å². The predicted octanol–water partition coefficient (Wildman–Crippen LogP) is 1.99. The van der Waals surface area contributed by atoms with E-state index < -0.39 is 0 Å². The Morgan fingerprint density at radius 3 is 2.41 bits per heavy atom. The van der Waals surface area contributed by atoms with Gasteiger partial charge in [0.05, 0.1) is 0 Å². The first-order chi connectivity index (χ1) is 10.7. The maximum absolute atomic E-state index is 13.0. The molecule has 2 heterocycles. The largest absolute Gasteiger partial charge is 0.339 e. The Morgan fingerprint density at radius 1 is 0.909 bits per heavy atom. The standard InChI is InChI=1S/C17H26N2O2S/c20-16(14-11-12-3-4-13(14)10-12)19-5-1-2-15(19)17(21)18-6-8-22-9-7-18/h12-15H,1-11H2/t12-,13-,14-,15-/m0/s1. The molecule has 0 aromatic rings. The highest BCUT2D eigenvalue weighted by atomic mass is 32.2. The van der Waals surface area contributed by atoms with Crippen LogP contribution in [0.1, 0.15) is 38.5 Å². The molecule has 2 amide bonds. The van der Waals surface area contributed by atoms with Crippen LogP contribution in [-0.2, 0) is 9.59 Å². The van der Waals surface area contributed by atoms with Crippen LogP contribution in [0.3, 0.4) is 0 Å².